The van der Waals surface area contributed by atoms with Crippen LogP contribution >= 0.6 is 23.2 Å². The van der Waals surface area contributed by atoms with Crippen molar-refractivity contribution >= 4 is 50.7 Å². The highest BCUT2D eigenvalue weighted by atomic mass is 35.5. The lowest BCUT2D eigenvalue weighted by molar-refractivity contribution is -0.139. The molecule has 7 nitrogen and oxygen atoms in total. The van der Waals surface area contributed by atoms with Crippen molar-refractivity contribution in [2.24, 2.45) is 5.92 Å². The molecule has 1 atom stereocenters. The predicted octanol–water partition coefficient (Wildman–Crippen LogP) is 3.95. The van der Waals surface area contributed by atoms with E-state index in [1.807, 2.05) is 13.8 Å². The maximum atomic E-state index is 13.4. The molecule has 0 aliphatic carbocycles. The van der Waals surface area contributed by atoms with E-state index < -0.39 is 28.5 Å². The Morgan fingerprint density at radius 3 is 2.15 bits per heavy atom. The molecule has 10 heteroatoms. The molecule has 0 aliphatic heterocycles. The molecule has 0 saturated heterocycles. The quantitative estimate of drug-likeness (QED) is 0.520. The van der Waals surface area contributed by atoms with Crippen LogP contribution in [0.2, 0.25) is 10.0 Å². The van der Waals surface area contributed by atoms with Crippen LogP contribution in [0, 0.1) is 5.92 Å². The number of amides is 2. The zero-order chi connectivity index (χ0) is 24.8. The van der Waals surface area contributed by atoms with Gasteiger partial charge in [-0.25, -0.2) is 8.42 Å². The summed E-state index contributed by atoms with van der Waals surface area (Å²) < 4.78 is 26.0. The van der Waals surface area contributed by atoms with Crippen LogP contribution in [-0.2, 0) is 26.2 Å². The highest BCUT2D eigenvalue weighted by Gasteiger charge is 2.30. The maximum absolute atomic E-state index is 13.4. The SMILES string of the molecule is CC(C)CNC(=O)C(C)N(Cc1ccccc1Cl)C(=O)CN(c1ccc(Cl)cc1)S(C)(=O)=O. The standard InChI is InChI=1S/C23H29Cl2N3O4S/c1-16(2)13-26-23(30)17(3)27(14-18-7-5-6-8-21(18)25)22(29)15-28(33(4,31)32)20-11-9-19(24)10-12-20/h5-12,16-17H,13-15H2,1-4H3,(H,26,30). The van der Waals surface area contributed by atoms with E-state index >= 15 is 0 Å². The summed E-state index contributed by atoms with van der Waals surface area (Å²) >= 11 is 12.2. The van der Waals surface area contributed by atoms with E-state index in [1.165, 1.54) is 17.0 Å². The minimum atomic E-state index is -3.79. The Morgan fingerprint density at radius 2 is 1.61 bits per heavy atom. The molecule has 2 amide bonds. The highest BCUT2D eigenvalue weighted by Crippen LogP contribution is 2.22. The molecule has 2 rings (SSSR count). The summed E-state index contributed by atoms with van der Waals surface area (Å²) in [5.74, 6) is -0.636. The zero-order valence-electron chi connectivity index (χ0n) is 19.1. The van der Waals surface area contributed by atoms with Gasteiger partial charge >= 0.3 is 0 Å². The first-order valence-electron chi connectivity index (χ1n) is 10.4. The molecule has 180 valence electrons. The number of carbonyl (C=O) groups is 2. The van der Waals surface area contributed by atoms with Gasteiger partial charge in [0.2, 0.25) is 21.8 Å². The molecule has 0 aliphatic rings. The molecular weight excluding hydrogens is 485 g/mol. The van der Waals surface area contributed by atoms with Crippen LogP contribution in [0.25, 0.3) is 0 Å². The molecule has 0 aromatic heterocycles. The molecule has 0 saturated carbocycles. The lowest BCUT2D eigenvalue weighted by atomic mass is 10.1. The van der Waals surface area contributed by atoms with Crippen LogP contribution in [0.15, 0.2) is 48.5 Å². The molecule has 0 spiro atoms. The van der Waals surface area contributed by atoms with Crippen LogP contribution in [0.5, 0.6) is 0 Å². The molecule has 2 aromatic carbocycles. The zero-order valence-corrected chi connectivity index (χ0v) is 21.4. The topological polar surface area (TPSA) is 86.8 Å². The molecule has 2 aromatic rings. The fraction of sp³-hybridized carbons (Fsp3) is 0.391. The Hall–Kier alpha value is -2.29. The molecule has 0 radical (unpaired) electrons. The fourth-order valence-electron chi connectivity index (χ4n) is 3.07. The number of rotatable bonds is 10. The van der Waals surface area contributed by atoms with Gasteiger partial charge in [0.05, 0.1) is 11.9 Å². The van der Waals surface area contributed by atoms with Gasteiger partial charge in [-0.15, -0.1) is 0 Å². The number of sulfonamides is 1. The van der Waals surface area contributed by atoms with E-state index in [0.29, 0.717) is 27.8 Å². The summed E-state index contributed by atoms with van der Waals surface area (Å²) in [5.41, 5.74) is 0.943. The van der Waals surface area contributed by atoms with Crippen molar-refractivity contribution in [3.05, 3.63) is 64.1 Å². The van der Waals surface area contributed by atoms with E-state index in [9.17, 15) is 18.0 Å². The summed E-state index contributed by atoms with van der Waals surface area (Å²) in [4.78, 5) is 27.5. The first-order valence-corrected chi connectivity index (χ1v) is 13.0. The van der Waals surface area contributed by atoms with E-state index in [1.54, 1.807) is 43.3 Å². The van der Waals surface area contributed by atoms with Crippen molar-refractivity contribution in [3.63, 3.8) is 0 Å². The number of hydrogen-bond donors (Lipinski definition) is 1. The Bertz CT molecular complexity index is 1080. The van der Waals surface area contributed by atoms with Gasteiger partial charge in [0.25, 0.3) is 0 Å². The Balaban J connectivity index is 2.36. The van der Waals surface area contributed by atoms with Crippen molar-refractivity contribution in [2.45, 2.75) is 33.4 Å². The van der Waals surface area contributed by atoms with Crippen molar-refractivity contribution in [3.8, 4) is 0 Å². The van der Waals surface area contributed by atoms with Gasteiger partial charge in [0, 0.05) is 23.1 Å². The minimum absolute atomic E-state index is 0.0486. The second-order valence-electron chi connectivity index (χ2n) is 8.17. The second-order valence-corrected chi connectivity index (χ2v) is 10.9. The number of hydrogen-bond acceptors (Lipinski definition) is 4. The van der Waals surface area contributed by atoms with Gasteiger partial charge in [0.1, 0.15) is 12.6 Å². The third kappa shape index (κ3) is 7.91. The van der Waals surface area contributed by atoms with Crippen molar-refractivity contribution in [1.82, 2.24) is 10.2 Å². The molecule has 0 heterocycles. The van der Waals surface area contributed by atoms with Gasteiger partial charge < -0.3 is 10.2 Å². The van der Waals surface area contributed by atoms with E-state index in [2.05, 4.69) is 5.32 Å². The molecule has 0 bridgehead atoms. The fourth-order valence-corrected chi connectivity index (χ4v) is 4.24. The lowest BCUT2D eigenvalue weighted by Crippen LogP contribution is -2.51. The van der Waals surface area contributed by atoms with Crippen LogP contribution < -0.4 is 9.62 Å². The minimum Gasteiger partial charge on any atom is -0.354 e. The summed E-state index contributed by atoms with van der Waals surface area (Å²) in [5, 5.41) is 3.71. The van der Waals surface area contributed by atoms with Gasteiger partial charge in [-0.2, -0.15) is 0 Å². The number of nitrogens with one attached hydrogen (secondary N) is 1. The number of nitrogens with zero attached hydrogens (tertiary/aromatic N) is 2. The largest absolute Gasteiger partial charge is 0.354 e. The van der Waals surface area contributed by atoms with Crippen LogP contribution in [0.4, 0.5) is 5.69 Å². The summed E-state index contributed by atoms with van der Waals surface area (Å²) in [6.07, 6.45) is 1.02. The Kier molecular flexibility index (Phi) is 9.57. The van der Waals surface area contributed by atoms with Gasteiger partial charge in [0.15, 0.2) is 0 Å². The Labute approximate surface area is 205 Å². The monoisotopic (exact) mass is 513 g/mol. The van der Waals surface area contributed by atoms with Gasteiger partial charge in [-0.05, 0) is 48.7 Å². The molecule has 1 N–H and O–H groups in total. The summed E-state index contributed by atoms with van der Waals surface area (Å²) in [6, 6.07) is 12.3. The third-order valence-electron chi connectivity index (χ3n) is 4.94. The number of benzene rings is 2. The van der Waals surface area contributed by atoms with E-state index in [0.717, 1.165) is 10.6 Å². The molecule has 33 heavy (non-hydrogen) atoms. The lowest BCUT2D eigenvalue weighted by Gasteiger charge is -2.31. The number of halogens is 2. The summed E-state index contributed by atoms with van der Waals surface area (Å²) in [7, 11) is -3.79. The highest BCUT2D eigenvalue weighted by molar-refractivity contribution is 7.92. The van der Waals surface area contributed by atoms with E-state index in [4.69, 9.17) is 23.2 Å². The van der Waals surface area contributed by atoms with Gasteiger partial charge in [-0.3, -0.25) is 13.9 Å². The van der Waals surface area contributed by atoms with Crippen molar-refractivity contribution < 1.29 is 18.0 Å². The Morgan fingerprint density at radius 1 is 1.00 bits per heavy atom. The average molecular weight is 514 g/mol. The molecule has 0 fully saturated rings. The van der Waals surface area contributed by atoms with E-state index in [-0.39, 0.29) is 18.4 Å². The van der Waals surface area contributed by atoms with Crippen molar-refractivity contribution in [1.29, 1.82) is 0 Å². The first kappa shape index (κ1) is 27.0. The van der Waals surface area contributed by atoms with Crippen LogP contribution in [-0.4, -0.2) is 50.5 Å². The first-order chi connectivity index (χ1) is 15.4. The number of carbonyl (C=O) groups excluding carboxylic acids is 2. The van der Waals surface area contributed by atoms with Gasteiger partial charge in [-0.1, -0.05) is 55.2 Å². The van der Waals surface area contributed by atoms with Crippen LogP contribution in [0.3, 0.4) is 0 Å². The van der Waals surface area contributed by atoms with Crippen LogP contribution in [0.1, 0.15) is 26.3 Å². The predicted molar refractivity (Wildman–Crippen MR) is 133 cm³/mol. The molecular formula is C23H29Cl2N3O4S. The third-order valence-corrected chi connectivity index (χ3v) is 6.71. The second kappa shape index (κ2) is 11.7. The summed E-state index contributed by atoms with van der Waals surface area (Å²) in [6.45, 7) is 5.57. The number of anilines is 1. The molecule has 1 unspecified atom stereocenters. The van der Waals surface area contributed by atoms with Crippen molar-refractivity contribution in [2.75, 3.05) is 23.7 Å². The maximum Gasteiger partial charge on any atom is 0.244 e. The smallest absolute Gasteiger partial charge is 0.244 e. The normalized spacial score (nSPS) is 12.3. The average Bonchev–Trinajstić information content (AvgIpc) is 2.74.